The maximum absolute atomic E-state index is 12.9. The van der Waals surface area contributed by atoms with Crippen LogP contribution >= 0.6 is 19.6 Å². The molecule has 0 saturated heterocycles. The van der Waals surface area contributed by atoms with Crippen LogP contribution in [0, 0.1) is 0 Å². The van der Waals surface area contributed by atoms with Crippen LogP contribution < -0.4 is 11.5 Å². The molecule has 12 nitrogen and oxygen atoms in total. The third kappa shape index (κ3) is 38.7. The fourth-order valence-electron chi connectivity index (χ4n) is 5.95. The van der Waals surface area contributed by atoms with Crippen molar-refractivity contribution in [3.05, 3.63) is 60.9 Å². The largest absolute Gasteiger partial charge is 0.492 e. The number of phosphoric ester groups is 1. The van der Waals surface area contributed by atoms with Crippen molar-refractivity contribution in [3.63, 3.8) is 0 Å². The maximum atomic E-state index is 12.9. The molecule has 0 aromatic carbocycles. The quantitative estimate of drug-likeness (QED) is 0.00968. The highest BCUT2D eigenvalue weighted by molar-refractivity contribution is 8.00. The number of thioether (sulfide) groups is 1. The second-order valence-corrected chi connectivity index (χ2v) is 17.9. The highest BCUT2D eigenvalue weighted by Gasteiger charge is 2.26. The van der Waals surface area contributed by atoms with Crippen LogP contribution in [-0.2, 0) is 32.7 Å². The molecule has 0 saturated carbocycles. The molecule has 0 heterocycles. The third-order valence-electron chi connectivity index (χ3n) is 9.52. The number of phosphoric acid groups is 1. The maximum Gasteiger partial charge on any atom is 0.472 e. The predicted molar refractivity (Wildman–Crippen MR) is 248 cm³/mol. The van der Waals surface area contributed by atoms with E-state index in [-0.39, 0.29) is 38.4 Å². The Morgan fingerprint density at radius 3 is 1.95 bits per heavy atom. The van der Waals surface area contributed by atoms with E-state index in [0.717, 1.165) is 32.1 Å². The fraction of sp³-hybridized carbons (Fsp3) is 0.739. The SMILES string of the molecule is CCCCC/C=C\C\C=C/C=C/C=C/[C@@H](SC[C@H](N)C(=O)OC[C@H](COP(=O)(O)OCCN)O/C=C/CCCCCCCCCCCCCCCC)[C@@H](O)CCCC(=O)O. The molecule has 0 amide bonds. The van der Waals surface area contributed by atoms with Crippen LogP contribution in [0.4, 0.5) is 0 Å². The van der Waals surface area contributed by atoms with Gasteiger partial charge in [0.25, 0.3) is 0 Å². The zero-order valence-corrected chi connectivity index (χ0v) is 38.8. The molecule has 0 aromatic rings. The van der Waals surface area contributed by atoms with E-state index in [1.807, 2.05) is 24.3 Å². The van der Waals surface area contributed by atoms with Gasteiger partial charge in [-0.2, -0.15) is 0 Å². The molecule has 5 atom stereocenters. The Morgan fingerprint density at radius 1 is 0.733 bits per heavy atom. The average Bonchev–Trinajstić information content (AvgIpc) is 3.22. The number of carbonyl (C=O) groups excluding carboxylic acids is 1. The molecule has 348 valence electrons. The highest BCUT2D eigenvalue weighted by atomic mass is 32.2. The van der Waals surface area contributed by atoms with Gasteiger partial charge < -0.3 is 36.0 Å². The van der Waals surface area contributed by atoms with E-state index in [2.05, 4.69) is 32.1 Å². The number of aliphatic carboxylic acids is 1. The first-order valence-electron chi connectivity index (χ1n) is 22.8. The standard InChI is InChI=1S/C46H83N2O10PS/c1-3-5-7-9-11-13-15-17-18-19-20-22-24-26-28-30-36-55-41(39-58-59(53,54)57-37-35-47)38-56-46(52)42(48)40-60-44(43(49)32-31-34-45(50)51)33-29-27-25-23-21-16-14-12-10-8-6-4-2/h12,14,21,23,25,27,29-30,33,36,41-44,49H,3-11,13,15-20,22,24,26,28,31-32,34-35,37-40,47-48H2,1-2H3,(H,50,51)(H,53,54)/b14-12-,23-21-,27-25+,33-29+,36-30+/t41-,42+,43+,44-/m1/s1. The Bertz CT molecular complexity index is 1230. The number of hydrogen-bond acceptors (Lipinski definition) is 11. The van der Waals surface area contributed by atoms with Gasteiger partial charge in [-0.3, -0.25) is 18.6 Å². The molecule has 0 fully saturated rings. The molecule has 0 radical (unpaired) electrons. The zero-order chi connectivity index (χ0) is 44.4. The lowest BCUT2D eigenvalue weighted by molar-refractivity contribution is -0.148. The number of carbonyl (C=O) groups is 2. The molecule has 0 rings (SSSR count). The van der Waals surface area contributed by atoms with E-state index in [1.165, 1.54) is 114 Å². The molecule has 0 aromatic heterocycles. The first kappa shape index (κ1) is 57.8. The first-order valence-corrected chi connectivity index (χ1v) is 25.3. The number of unbranched alkanes of at least 4 members (excludes halogenated alkanes) is 17. The van der Waals surface area contributed by atoms with Gasteiger partial charge >= 0.3 is 19.8 Å². The molecular weight excluding hydrogens is 804 g/mol. The Balaban J connectivity index is 4.98. The molecule has 14 heteroatoms. The van der Waals surface area contributed by atoms with Crippen LogP contribution in [0.5, 0.6) is 0 Å². The van der Waals surface area contributed by atoms with Crippen molar-refractivity contribution in [2.24, 2.45) is 11.5 Å². The van der Waals surface area contributed by atoms with Gasteiger partial charge in [0.15, 0.2) is 6.10 Å². The van der Waals surface area contributed by atoms with E-state index in [1.54, 1.807) is 12.2 Å². The molecule has 0 aliphatic heterocycles. The lowest BCUT2D eigenvalue weighted by Gasteiger charge is -2.22. The van der Waals surface area contributed by atoms with Gasteiger partial charge in [0, 0.05) is 24.0 Å². The second-order valence-electron chi connectivity index (χ2n) is 15.2. The topological polar surface area (TPSA) is 201 Å². The Labute approximate surface area is 367 Å². The lowest BCUT2D eigenvalue weighted by Crippen LogP contribution is -2.38. The van der Waals surface area contributed by atoms with E-state index >= 15 is 0 Å². The number of ether oxygens (including phenoxy) is 2. The average molecular weight is 887 g/mol. The van der Waals surface area contributed by atoms with Gasteiger partial charge in [0.05, 0.1) is 25.6 Å². The summed E-state index contributed by atoms with van der Waals surface area (Å²) in [7, 11) is -4.40. The van der Waals surface area contributed by atoms with Crippen LogP contribution in [0.25, 0.3) is 0 Å². The second kappa shape index (κ2) is 42.1. The number of rotatable bonds is 43. The van der Waals surface area contributed by atoms with Gasteiger partial charge in [-0.1, -0.05) is 159 Å². The summed E-state index contributed by atoms with van der Waals surface area (Å²) < 4.78 is 33.3. The van der Waals surface area contributed by atoms with Crippen molar-refractivity contribution in [1.29, 1.82) is 0 Å². The lowest BCUT2D eigenvalue weighted by atomic mass is 10.0. The highest BCUT2D eigenvalue weighted by Crippen LogP contribution is 2.43. The van der Waals surface area contributed by atoms with Gasteiger partial charge in [0.2, 0.25) is 0 Å². The van der Waals surface area contributed by atoms with Crippen LogP contribution in [0.3, 0.4) is 0 Å². The summed E-state index contributed by atoms with van der Waals surface area (Å²) in [5.74, 6) is -1.55. The minimum Gasteiger partial charge on any atom is -0.492 e. The molecule has 0 aliphatic rings. The minimum absolute atomic E-state index is 0.0325. The van der Waals surface area contributed by atoms with E-state index in [9.17, 15) is 24.2 Å². The van der Waals surface area contributed by atoms with Gasteiger partial charge in [-0.05, 0) is 51.0 Å². The van der Waals surface area contributed by atoms with Crippen molar-refractivity contribution in [3.8, 4) is 0 Å². The molecule has 60 heavy (non-hydrogen) atoms. The number of carboxylic acids is 1. The summed E-state index contributed by atoms with van der Waals surface area (Å²) in [6.07, 6.45) is 42.1. The Kier molecular flexibility index (Phi) is 40.5. The minimum atomic E-state index is -4.40. The van der Waals surface area contributed by atoms with Crippen LogP contribution in [0.15, 0.2) is 60.9 Å². The van der Waals surface area contributed by atoms with Crippen molar-refractivity contribution in [2.75, 3.05) is 32.1 Å². The monoisotopic (exact) mass is 887 g/mol. The summed E-state index contributed by atoms with van der Waals surface area (Å²) in [4.78, 5) is 33.9. The number of carboxylic acid groups (broad SMARTS) is 1. The van der Waals surface area contributed by atoms with Crippen LogP contribution in [0.2, 0.25) is 0 Å². The van der Waals surface area contributed by atoms with Gasteiger partial charge in [-0.15, -0.1) is 11.8 Å². The number of aliphatic hydroxyl groups is 1. The smallest absolute Gasteiger partial charge is 0.472 e. The first-order chi connectivity index (χ1) is 29.1. The third-order valence-corrected chi connectivity index (χ3v) is 11.9. The number of allylic oxidation sites excluding steroid dienone is 8. The number of aliphatic hydroxyl groups excluding tert-OH is 1. The fourth-order valence-corrected chi connectivity index (χ4v) is 7.84. The molecule has 0 aliphatic carbocycles. The summed E-state index contributed by atoms with van der Waals surface area (Å²) in [6.45, 7) is 3.61. The van der Waals surface area contributed by atoms with Crippen molar-refractivity contribution < 1.29 is 47.8 Å². The zero-order valence-electron chi connectivity index (χ0n) is 37.1. The van der Waals surface area contributed by atoms with Crippen LogP contribution in [0.1, 0.15) is 162 Å². The Morgan fingerprint density at radius 2 is 1.32 bits per heavy atom. The summed E-state index contributed by atoms with van der Waals surface area (Å²) in [5.41, 5.74) is 11.6. The number of hydrogen-bond donors (Lipinski definition) is 5. The van der Waals surface area contributed by atoms with Crippen molar-refractivity contribution in [2.45, 2.75) is 185 Å². The van der Waals surface area contributed by atoms with Crippen molar-refractivity contribution >= 4 is 31.5 Å². The van der Waals surface area contributed by atoms with E-state index in [0.29, 0.717) is 6.42 Å². The summed E-state index contributed by atoms with van der Waals surface area (Å²) in [5, 5.41) is 19.5. The molecule has 1 unspecified atom stereocenters. The van der Waals surface area contributed by atoms with Gasteiger partial charge in [0.1, 0.15) is 12.6 Å². The van der Waals surface area contributed by atoms with Gasteiger partial charge in [-0.25, -0.2) is 4.57 Å². The van der Waals surface area contributed by atoms with Crippen molar-refractivity contribution in [1.82, 2.24) is 0 Å². The van der Waals surface area contributed by atoms with E-state index in [4.69, 9.17) is 35.1 Å². The summed E-state index contributed by atoms with van der Waals surface area (Å²) in [6, 6.07) is -1.06. The predicted octanol–water partition coefficient (Wildman–Crippen LogP) is 10.6. The van der Waals surface area contributed by atoms with Crippen LogP contribution in [-0.4, -0.2) is 82.7 Å². The molecule has 0 spiro atoms. The molecule has 0 bridgehead atoms. The molecule has 7 N–H and O–H groups in total. The number of esters is 1. The molecular formula is C46H83N2O10PS. The Hall–Kier alpha value is -2.22. The van der Waals surface area contributed by atoms with E-state index < -0.39 is 49.9 Å². The summed E-state index contributed by atoms with van der Waals surface area (Å²) >= 11 is 1.26. The number of nitrogens with two attached hydrogens (primary N) is 2. The normalized spacial score (nSPS) is 15.4.